The largest absolute Gasteiger partial charge is 0.462 e. The Bertz CT molecular complexity index is 1840. The normalized spacial score (nSPS) is 15.7. The molecule has 5 heterocycles. The first-order chi connectivity index (χ1) is 19.3. The summed E-state index contributed by atoms with van der Waals surface area (Å²) >= 11 is 0. The van der Waals surface area contributed by atoms with Crippen molar-refractivity contribution in [2.45, 2.75) is 46.3 Å². The van der Waals surface area contributed by atoms with E-state index >= 15 is 0 Å². The summed E-state index contributed by atoms with van der Waals surface area (Å²) in [5, 5.41) is 9.88. The molecule has 6 rings (SSSR count). The molecular weight excluding hydrogens is 510 g/mol. The molecule has 1 aromatic carbocycles. The number of pyridine rings is 2. The third-order valence-corrected chi connectivity index (χ3v) is 7.44. The third-order valence-electron chi connectivity index (χ3n) is 7.44. The predicted octanol–water partition coefficient (Wildman–Crippen LogP) is 4.21. The summed E-state index contributed by atoms with van der Waals surface area (Å²) in [4.78, 5) is 32.4. The smallest absolute Gasteiger partial charge is 0.344 e. The molecule has 0 radical (unpaired) electrons. The van der Waals surface area contributed by atoms with E-state index in [2.05, 4.69) is 10.2 Å². The highest BCUT2D eigenvalue weighted by Crippen LogP contribution is 2.34. The summed E-state index contributed by atoms with van der Waals surface area (Å²) in [6.45, 7) is 6.32. The second-order valence-electron chi connectivity index (χ2n) is 10.1. The van der Waals surface area contributed by atoms with E-state index in [0.717, 1.165) is 46.9 Å². The van der Waals surface area contributed by atoms with Crippen LogP contribution >= 0.6 is 0 Å². The number of benzene rings is 1. The summed E-state index contributed by atoms with van der Waals surface area (Å²) in [5.41, 5.74) is 10.9. The van der Waals surface area contributed by atoms with Gasteiger partial charge in [-0.05, 0) is 63.3 Å². The zero-order valence-corrected chi connectivity index (χ0v) is 23.0. The molecule has 2 N–H and O–H groups in total. The molecule has 206 valence electrons. The van der Waals surface area contributed by atoms with Gasteiger partial charge in [0.05, 0.1) is 46.8 Å². The van der Waals surface area contributed by atoms with E-state index in [0.29, 0.717) is 18.0 Å². The highest BCUT2D eigenvalue weighted by Gasteiger charge is 2.27. The average Bonchev–Trinajstić information content (AvgIpc) is 3.57. The van der Waals surface area contributed by atoms with Gasteiger partial charge in [0.1, 0.15) is 11.4 Å². The van der Waals surface area contributed by atoms with Crippen molar-refractivity contribution in [3.63, 3.8) is 0 Å². The fraction of sp³-hybridized carbons (Fsp3) is 0.345. The maximum Gasteiger partial charge on any atom is 0.344 e. The Hall–Kier alpha value is -4.51. The second-order valence-corrected chi connectivity index (χ2v) is 10.1. The lowest BCUT2D eigenvalue weighted by Gasteiger charge is -2.24. The van der Waals surface area contributed by atoms with Crippen LogP contribution in [0.2, 0.25) is 0 Å². The van der Waals surface area contributed by atoms with Gasteiger partial charge in [-0.3, -0.25) is 14.0 Å². The average molecular weight is 542 g/mol. The Morgan fingerprint density at radius 1 is 1.15 bits per heavy atom. The number of ether oxygens (including phenoxy) is 2. The van der Waals surface area contributed by atoms with Gasteiger partial charge in [-0.2, -0.15) is 10.2 Å². The van der Waals surface area contributed by atoms with E-state index < -0.39 is 5.97 Å². The molecule has 11 heteroatoms. The van der Waals surface area contributed by atoms with E-state index in [1.165, 1.54) is 4.57 Å². The second kappa shape index (κ2) is 9.91. The number of fused-ring (bicyclic) bond motifs is 2. The van der Waals surface area contributed by atoms with Crippen LogP contribution in [-0.4, -0.2) is 48.3 Å². The zero-order valence-electron chi connectivity index (χ0n) is 23.0. The molecule has 5 aromatic rings. The number of nitrogen functional groups attached to an aromatic ring is 1. The van der Waals surface area contributed by atoms with Crippen LogP contribution in [0.3, 0.4) is 0 Å². The van der Waals surface area contributed by atoms with Gasteiger partial charge >= 0.3 is 5.97 Å². The van der Waals surface area contributed by atoms with Gasteiger partial charge in [0.25, 0.3) is 5.56 Å². The number of aryl methyl sites for hydroxylation is 3. The van der Waals surface area contributed by atoms with Gasteiger partial charge in [0.15, 0.2) is 6.23 Å². The fourth-order valence-electron chi connectivity index (χ4n) is 5.55. The first-order valence-electron chi connectivity index (χ1n) is 13.4. The molecule has 0 saturated carbocycles. The number of hydrogen-bond acceptors (Lipinski definition) is 8. The van der Waals surface area contributed by atoms with Crippen molar-refractivity contribution < 1.29 is 14.3 Å². The molecule has 1 aliphatic heterocycles. The topological polar surface area (TPSA) is 132 Å². The number of rotatable bonds is 5. The van der Waals surface area contributed by atoms with Crippen molar-refractivity contribution >= 4 is 33.6 Å². The van der Waals surface area contributed by atoms with E-state index in [9.17, 15) is 9.59 Å². The molecule has 1 atom stereocenters. The van der Waals surface area contributed by atoms with Crippen LogP contribution < -0.4 is 11.3 Å². The first kappa shape index (κ1) is 25.8. The van der Waals surface area contributed by atoms with E-state index in [-0.39, 0.29) is 40.7 Å². The van der Waals surface area contributed by atoms with Gasteiger partial charge in [0, 0.05) is 30.8 Å². The summed E-state index contributed by atoms with van der Waals surface area (Å²) in [6, 6.07) is 5.65. The lowest BCUT2D eigenvalue weighted by molar-refractivity contribution is -0.0366. The van der Waals surface area contributed by atoms with Gasteiger partial charge in [-0.25, -0.2) is 14.5 Å². The number of carbonyl (C=O) groups excluding carboxylic acids is 1. The molecule has 40 heavy (non-hydrogen) atoms. The van der Waals surface area contributed by atoms with Gasteiger partial charge in [0.2, 0.25) is 0 Å². The SMILES string of the molecule is CCOC(=O)c1c(N)n(-c2c(C)ccc3c2cnn3C2CCCCO2)c(=O)c2cc(C)c(-c3cnn(C)c3)nc12. The van der Waals surface area contributed by atoms with Crippen LogP contribution in [0.5, 0.6) is 0 Å². The van der Waals surface area contributed by atoms with E-state index in [1.807, 2.05) is 43.9 Å². The fourth-order valence-corrected chi connectivity index (χ4v) is 5.55. The maximum atomic E-state index is 14.2. The predicted molar refractivity (Wildman–Crippen MR) is 152 cm³/mol. The van der Waals surface area contributed by atoms with Crippen molar-refractivity contribution in [3.8, 4) is 16.9 Å². The Morgan fingerprint density at radius 3 is 2.67 bits per heavy atom. The monoisotopic (exact) mass is 541 g/mol. The standard InChI is InChI=1S/C29H31N7O4/c1-5-39-29(38)23-25-19(12-17(3)24(33-25)18-13-31-34(4)15-18)28(37)35(27(23)30)26-16(2)9-10-21-20(26)14-32-36(21)22-8-6-7-11-40-22/h9-10,12-15,22H,5-8,11,30H2,1-4H3. The molecule has 0 amide bonds. The number of nitrogens with two attached hydrogens (primary N) is 1. The molecule has 0 aliphatic carbocycles. The zero-order chi connectivity index (χ0) is 28.1. The van der Waals surface area contributed by atoms with Gasteiger partial charge < -0.3 is 15.2 Å². The van der Waals surface area contributed by atoms with Crippen molar-refractivity contribution in [2.24, 2.45) is 7.05 Å². The minimum absolute atomic E-state index is 0.0401. The quantitative estimate of drug-likeness (QED) is 0.327. The molecular formula is C29H31N7O4. The number of aromatic nitrogens is 6. The number of anilines is 1. The van der Waals surface area contributed by atoms with Crippen LogP contribution in [0, 0.1) is 13.8 Å². The Kier molecular flexibility index (Phi) is 6.38. The van der Waals surface area contributed by atoms with Gasteiger partial charge in [-0.15, -0.1) is 0 Å². The number of nitrogens with zero attached hydrogens (tertiary/aromatic N) is 6. The molecule has 1 fully saturated rings. The molecule has 1 saturated heterocycles. The van der Waals surface area contributed by atoms with Crippen LogP contribution in [0.15, 0.2) is 41.6 Å². The minimum Gasteiger partial charge on any atom is -0.462 e. The minimum atomic E-state index is -0.650. The van der Waals surface area contributed by atoms with Gasteiger partial charge in [-0.1, -0.05) is 6.07 Å². The highest BCUT2D eigenvalue weighted by molar-refractivity contribution is 6.08. The third kappa shape index (κ3) is 4.04. The molecule has 11 nitrogen and oxygen atoms in total. The molecule has 4 aromatic heterocycles. The highest BCUT2D eigenvalue weighted by atomic mass is 16.5. The maximum absolute atomic E-state index is 14.2. The molecule has 0 bridgehead atoms. The van der Waals surface area contributed by atoms with Crippen LogP contribution in [0.25, 0.3) is 38.8 Å². The Labute approximate surface area is 230 Å². The molecule has 0 spiro atoms. The molecule has 1 unspecified atom stereocenters. The van der Waals surface area contributed by atoms with E-state index in [1.54, 1.807) is 30.1 Å². The van der Waals surface area contributed by atoms with Crippen LogP contribution in [0.1, 0.15) is 53.9 Å². The van der Waals surface area contributed by atoms with Crippen LogP contribution in [0.4, 0.5) is 5.82 Å². The number of carbonyl (C=O) groups is 1. The van der Waals surface area contributed by atoms with Crippen molar-refractivity contribution in [1.82, 2.24) is 29.1 Å². The molecule has 1 aliphatic rings. The summed E-state index contributed by atoms with van der Waals surface area (Å²) in [6.07, 6.45) is 8.00. The first-order valence-corrected chi connectivity index (χ1v) is 13.4. The van der Waals surface area contributed by atoms with Crippen molar-refractivity contribution in [3.05, 3.63) is 63.8 Å². The summed E-state index contributed by atoms with van der Waals surface area (Å²) in [7, 11) is 1.81. The van der Waals surface area contributed by atoms with Crippen molar-refractivity contribution in [1.29, 1.82) is 0 Å². The van der Waals surface area contributed by atoms with Crippen LogP contribution in [-0.2, 0) is 16.5 Å². The lowest BCUT2D eigenvalue weighted by Crippen LogP contribution is -2.27. The number of hydrogen-bond donors (Lipinski definition) is 1. The van der Waals surface area contributed by atoms with Crippen molar-refractivity contribution in [2.75, 3.05) is 18.9 Å². The lowest BCUT2D eigenvalue weighted by atomic mass is 10.0. The Balaban J connectivity index is 1.66. The number of esters is 1. The van der Waals surface area contributed by atoms with E-state index in [4.69, 9.17) is 20.2 Å². The summed E-state index contributed by atoms with van der Waals surface area (Å²) in [5.74, 6) is -0.690. The summed E-state index contributed by atoms with van der Waals surface area (Å²) < 4.78 is 16.3. The Morgan fingerprint density at radius 2 is 1.98 bits per heavy atom.